The lowest BCUT2D eigenvalue weighted by Gasteiger charge is -2.07. The van der Waals surface area contributed by atoms with Crippen LogP contribution in [0.3, 0.4) is 0 Å². The predicted octanol–water partition coefficient (Wildman–Crippen LogP) is 1.20. The molecule has 2 rings (SSSR count). The van der Waals surface area contributed by atoms with Gasteiger partial charge in [-0.2, -0.15) is 8.42 Å². The number of hydrogen-bond donors (Lipinski definition) is 2. The summed E-state index contributed by atoms with van der Waals surface area (Å²) in [6.07, 6.45) is 0.0473. The molecule has 0 saturated carbocycles. The molecule has 0 bridgehead atoms. The molecular weight excluding hydrogens is 386 g/mol. The van der Waals surface area contributed by atoms with Crippen molar-refractivity contribution in [3.05, 3.63) is 58.4 Å². The number of hydrogen-bond acceptors (Lipinski definition) is 7. The number of aromatic nitrogens is 1. The van der Waals surface area contributed by atoms with Crippen LogP contribution in [0.4, 0.5) is 0 Å². The highest BCUT2D eigenvalue weighted by atomic mass is 32.2. The van der Waals surface area contributed by atoms with E-state index in [4.69, 9.17) is 9.29 Å². The maximum Gasteiger partial charge on any atom is 0.356 e. The van der Waals surface area contributed by atoms with E-state index in [1.165, 1.54) is 26.4 Å². The Bertz CT molecular complexity index is 1040. The van der Waals surface area contributed by atoms with E-state index in [0.29, 0.717) is 22.4 Å². The van der Waals surface area contributed by atoms with Crippen LogP contribution in [-0.2, 0) is 27.9 Å². The first-order valence-electron chi connectivity index (χ1n) is 8.10. The number of esters is 1. The average molecular weight is 405 g/mol. The summed E-state index contributed by atoms with van der Waals surface area (Å²) in [6.45, 7) is -0.373. The van der Waals surface area contributed by atoms with Gasteiger partial charge in [0, 0.05) is 11.1 Å². The minimum atomic E-state index is -4.13. The molecule has 2 N–H and O–H groups in total. The molecule has 0 atom stereocenters. The fourth-order valence-electron chi connectivity index (χ4n) is 2.35. The number of aryl methyl sites for hydroxylation is 1. The van der Waals surface area contributed by atoms with E-state index in [2.05, 4.69) is 21.6 Å². The largest absolute Gasteiger partial charge is 0.497 e. The normalized spacial score (nSPS) is 10.7. The van der Waals surface area contributed by atoms with Gasteiger partial charge < -0.3 is 14.6 Å². The van der Waals surface area contributed by atoms with E-state index in [-0.39, 0.29) is 24.4 Å². The number of aliphatic hydroxyl groups excluding tert-OH is 1. The highest BCUT2D eigenvalue weighted by molar-refractivity contribution is 7.85. The van der Waals surface area contributed by atoms with Crippen LogP contribution >= 0.6 is 0 Å². The van der Waals surface area contributed by atoms with Gasteiger partial charge in [-0.3, -0.25) is 4.55 Å². The van der Waals surface area contributed by atoms with E-state index in [1.54, 1.807) is 18.2 Å². The molecule has 9 heteroatoms. The second-order valence-electron chi connectivity index (χ2n) is 5.69. The van der Waals surface area contributed by atoms with Gasteiger partial charge in [-0.15, -0.1) is 0 Å². The van der Waals surface area contributed by atoms with E-state index < -0.39 is 21.8 Å². The van der Waals surface area contributed by atoms with Crippen LogP contribution < -0.4 is 4.74 Å². The van der Waals surface area contributed by atoms with Gasteiger partial charge in [0.25, 0.3) is 10.1 Å². The summed E-state index contributed by atoms with van der Waals surface area (Å²) in [6, 6.07) is 7.94. The topological polar surface area (TPSA) is 123 Å². The number of methoxy groups -OCH3 is 2. The van der Waals surface area contributed by atoms with Gasteiger partial charge in [-0.1, -0.05) is 11.8 Å². The molecule has 0 aliphatic rings. The van der Waals surface area contributed by atoms with Crippen LogP contribution in [-0.4, -0.2) is 49.0 Å². The molecule has 2 aromatic rings. The SMILES string of the molecule is COC(=O)c1cc(C#Cc2ccc(OC)cc2CCS(=O)(=O)O)cc(CO)n1. The van der Waals surface area contributed by atoms with Crippen molar-refractivity contribution in [3.8, 4) is 17.6 Å². The third-order valence-corrected chi connectivity index (χ3v) is 4.44. The Kier molecular flexibility index (Phi) is 7.12. The van der Waals surface area contributed by atoms with Gasteiger partial charge in [-0.05, 0) is 42.3 Å². The zero-order valence-corrected chi connectivity index (χ0v) is 16.1. The summed E-state index contributed by atoms with van der Waals surface area (Å²) in [5.41, 5.74) is 1.81. The second kappa shape index (κ2) is 9.32. The number of carbonyl (C=O) groups excluding carboxylic acids is 1. The molecule has 0 unspecified atom stereocenters. The van der Waals surface area contributed by atoms with Crippen molar-refractivity contribution in [1.29, 1.82) is 0 Å². The molecule has 0 aliphatic heterocycles. The minimum Gasteiger partial charge on any atom is -0.497 e. The Labute approximate surface area is 162 Å². The fraction of sp³-hybridized carbons (Fsp3) is 0.263. The van der Waals surface area contributed by atoms with Crippen LogP contribution in [0.25, 0.3) is 0 Å². The molecule has 8 nitrogen and oxygen atoms in total. The van der Waals surface area contributed by atoms with Crippen LogP contribution in [0.2, 0.25) is 0 Å². The molecule has 0 aliphatic carbocycles. The Balaban J connectivity index is 2.43. The number of nitrogens with zero attached hydrogens (tertiary/aromatic N) is 1. The zero-order chi connectivity index (χ0) is 20.7. The van der Waals surface area contributed by atoms with Gasteiger partial charge in [0.2, 0.25) is 0 Å². The van der Waals surface area contributed by atoms with E-state index in [9.17, 15) is 18.3 Å². The molecule has 0 fully saturated rings. The predicted molar refractivity (Wildman–Crippen MR) is 101 cm³/mol. The van der Waals surface area contributed by atoms with Crippen molar-refractivity contribution in [2.75, 3.05) is 20.0 Å². The number of carbonyl (C=O) groups is 1. The molecule has 0 amide bonds. The molecule has 0 spiro atoms. The van der Waals surface area contributed by atoms with Crippen molar-refractivity contribution in [1.82, 2.24) is 4.98 Å². The van der Waals surface area contributed by atoms with Crippen LogP contribution in [0, 0.1) is 11.8 Å². The summed E-state index contributed by atoms with van der Waals surface area (Å²) in [4.78, 5) is 15.7. The number of aliphatic hydroxyl groups is 1. The Morgan fingerprint density at radius 2 is 1.93 bits per heavy atom. The van der Waals surface area contributed by atoms with Crippen molar-refractivity contribution in [3.63, 3.8) is 0 Å². The average Bonchev–Trinajstić information content (AvgIpc) is 2.69. The Morgan fingerprint density at radius 1 is 1.18 bits per heavy atom. The summed E-state index contributed by atoms with van der Waals surface area (Å²) in [5, 5.41) is 9.32. The zero-order valence-electron chi connectivity index (χ0n) is 15.3. The van der Waals surface area contributed by atoms with Crippen LogP contribution in [0.15, 0.2) is 30.3 Å². The van der Waals surface area contributed by atoms with Crippen LogP contribution in [0.1, 0.15) is 32.9 Å². The van der Waals surface area contributed by atoms with E-state index >= 15 is 0 Å². The van der Waals surface area contributed by atoms with Gasteiger partial charge in [0.05, 0.1) is 32.3 Å². The van der Waals surface area contributed by atoms with Gasteiger partial charge >= 0.3 is 5.97 Å². The van der Waals surface area contributed by atoms with Crippen molar-refractivity contribution < 1.29 is 32.3 Å². The van der Waals surface area contributed by atoms with Gasteiger partial charge in [-0.25, -0.2) is 9.78 Å². The van der Waals surface area contributed by atoms with Gasteiger partial charge in [0.1, 0.15) is 11.4 Å². The second-order valence-corrected chi connectivity index (χ2v) is 7.26. The fourth-order valence-corrected chi connectivity index (χ4v) is 2.83. The third kappa shape index (κ3) is 6.06. The first-order valence-corrected chi connectivity index (χ1v) is 9.71. The maximum absolute atomic E-state index is 11.7. The summed E-state index contributed by atoms with van der Waals surface area (Å²) in [5.74, 6) is 5.19. The molecule has 0 radical (unpaired) electrons. The third-order valence-electron chi connectivity index (χ3n) is 3.72. The number of rotatable bonds is 6. The lowest BCUT2D eigenvalue weighted by atomic mass is 10.0. The summed E-state index contributed by atoms with van der Waals surface area (Å²) in [7, 11) is -1.43. The van der Waals surface area contributed by atoms with Crippen molar-refractivity contribution >= 4 is 16.1 Å². The highest BCUT2D eigenvalue weighted by Gasteiger charge is 2.11. The first kappa shape index (κ1) is 21.4. The molecule has 1 aromatic carbocycles. The molecular formula is C19H19NO7S. The van der Waals surface area contributed by atoms with E-state index in [1.807, 2.05) is 0 Å². The summed E-state index contributed by atoms with van der Waals surface area (Å²) >= 11 is 0. The standard InChI is InChI=1S/C19H19NO7S/c1-26-17-6-5-14(15(11-17)7-8-28(23,24)25)4-3-13-9-16(12-21)20-18(10-13)19(22)27-2/h5-6,9-11,21H,7-8,12H2,1-2H3,(H,23,24,25). The lowest BCUT2D eigenvalue weighted by Crippen LogP contribution is -2.08. The highest BCUT2D eigenvalue weighted by Crippen LogP contribution is 2.18. The van der Waals surface area contributed by atoms with E-state index in [0.717, 1.165) is 0 Å². The molecule has 0 saturated heterocycles. The molecule has 148 valence electrons. The van der Waals surface area contributed by atoms with Crippen molar-refractivity contribution in [2.24, 2.45) is 0 Å². The quantitative estimate of drug-likeness (QED) is 0.417. The molecule has 1 aromatic heterocycles. The van der Waals surface area contributed by atoms with Crippen LogP contribution in [0.5, 0.6) is 5.75 Å². The number of benzene rings is 1. The van der Waals surface area contributed by atoms with Crippen molar-refractivity contribution in [2.45, 2.75) is 13.0 Å². The summed E-state index contributed by atoms with van der Waals surface area (Å²) < 4.78 is 40.9. The minimum absolute atomic E-state index is 0.0136. The number of pyridine rings is 1. The van der Waals surface area contributed by atoms with Gasteiger partial charge in [0.15, 0.2) is 0 Å². The molecule has 28 heavy (non-hydrogen) atoms. The number of ether oxygens (including phenoxy) is 2. The maximum atomic E-state index is 11.7. The Hall–Kier alpha value is -2.93. The Morgan fingerprint density at radius 3 is 2.54 bits per heavy atom. The first-order chi connectivity index (χ1) is 13.3. The molecule has 1 heterocycles. The lowest BCUT2D eigenvalue weighted by molar-refractivity contribution is 0.0593. The smallest absolute Gasteiger partial charge is 0.356 e. The monoisotopic (exact) mass is 405 g/mol.